The lowest BCUT2D eigenvalue weighted by Crippen LogP contribution is -2.81. The van der Waals surface area contributed by atoms with Crippen LogP contribution in [-0.4, -0.2) is 53.1 Å². The number of alkyl halides is 8. The molecule has 5 fully saturated rings. The van der Waals surface area contributed by atoms with Crippen LogP contribution in [0.3, 0.4) is 0 Å². The largest absolute Gasteiger partial charge is 0.455 e. The summed E-state index contributed by atoms with van der Waals surface area (Å²) < 4.78 is 123. The van der Waals surface area contributed by atoms with E-state index in [-0.39, 0.29) is 25.2 Å². The molecule has 3 unspecified atom stereocenters. The number of carbonyl (C=O) groups is 1. The van der Waals surface area contributed by atoms with Gasteiger partial charge in [0, 0.05) is 0 Å². The zero-order chi connectivity index (χ0) is 23.3. The van der Waals surface area contributed by atoms with E-state index in [2.05, 4.69) is 11.3 Å². The van der Waals surface area contributed by atoms with Gasteiger partial charge in [-0.25, -0.2) is 4.79 Å². The first kappa shape index (κ1) is 22.7. The van der Waals surface area contributed by atoms with Crippen LogP contribution in [0.5, 0.6) is 0 Å². The summed E-state index contributed by atoms with van der Waals surface area (Å²) in [5, 5.41) is 9.86. The van der Waals surface area contributed by atoms with E-state index in [0.29, 0.717) is 0 Å². The van der Waals surface area contributed by atoms with Crippen LogP contribution in [0.25, 0.3) is 0 Å². The lowest BCUT2D eigenvalue weighted by atomic mass is 9.46. The minimum atomic E-state index is -5.84. The van der Waals surface area contributed by atoms with Gasteiger partial charge >= 0.3 is 30.0 Å². The van der Waals surface area contributed by atoms with Gasteiger partial charge in [0.05, 0.1) is 0 Å². The molecule has 5 aliphatic rings. The molecule has 0 aromatic rings. The van der Waals surface area contributed by atoms with Gasteiger partial charge in [0.25, 0.3) is 0 Å². The number of hydrogen-bond acceptors (Lipinski definition) is 5. The average Bonchev–Trinajstić information content (AvgIpc) is 2.59. The van der Waals surface area contributed by atoms with E-state index in [0.717, 1.165) is 0 Å². The Labute approximate surface area is 170 Å². The van der Waals surface area contributed by atoms with Gasteiger partial charge in [-0.1, -0.05) is 6.58 Å². The van der Waals surface area contributed by atoms with E-state index < -0.39 is 78.3 Å². The number of rotatable bonds is 2. The molecule has 1 saturated heterocycles. The van der Waals surface area contributed by atoms with Crippen molar-refractivity contribution in [3.05, 3.63) is 12.2 Å². The Kier molecular flexibility index (Phi) is 4.62. The Hall–Kier alpha value is -1.47. The Morgan fingerprint density at radius 1 is 1.00 bits per heavy atom. The molecule has 5 nitrogen and oxygen atoms in total. The summed E-state index contributed by atoms with van der Waals surface area (Å²) in [6.45, 7) is 1.41. The first-order valence-corrected chi connectivity index (χ1v) is 9.43. The SMILES string of the molecule is C=C(C(=O)OC12CC3CC(C1)C1(OCOC(O)(C(F)(F)F)C1(F)F)C(C3)C2)C(F)(F)F. The second kappa shape index (κ2) is 6.31. The molecule has 176 valence electrons. The van der Waals surface area contributed by atoms with Crippen LogP contribution in [-0.2, 0) is 19.0 Å². The lowest BCUT2D eigenvalue weighted by Gasteiger charge is -2.67. The second-order valence-corrected chi connectivity index (χ2v) is 8.81. The van der Waals surface area contributed by atoms with Gasteiger partial charge in [0.1, 0.15) is 16.8 Å². The van der Waals surface area contributed by atoms with Gasteiger partial charge in [-0.05, 0) is 49.9 Å². The van der Waals surface area contributed by atoms with Gasteiger partial charge in [0.15, 0.2) is 6.79 Å². The zero-order valence-corrected chi connectivity index (χ0v) is 15.8. The smallest absolute Gasteiger partial charge is 0.449 e. The highest BCUT2D eigenvalue weighted by Gasteiger charge is 2.85. The molecular formula is C18H18F8O5. The van der Waals surface area contributed by atoms with Crippen molar-refractivity contribution in [3.8, 4) is 0 Å². The zero-order valence-electron chi connectivity index (χ0n) is 15.8. The molecule has 0 aromatic carbocycles. The average molecular weight is 466 g/mol. The molecule has 5 rings (SSSR count). The molecule has 13 heteroatoms. The van der Waals surface area contributed by atoms with Crippen LogP contribution in [0.1, 0.15) is 32.1 Å². The van der Waals surface area contributed by atoms with Crippen molar-refractivity contribution in [3.63, 3.8) is 0 Å². The van der Waals surface area contributed by atoms with E-state index >= 15 is 8.78 Å². The summed E-state index contributed by atoms with van der Waals surface area (Å²) >= 11 is 0. The van der Waals surface area contributed by atoms with Crippen molar-refractivity contribution < 1.29 is 59.2 Å². The monoisotopic (exact) mass is 466 g/mol. The molecular weight excluding hydrogens is 448 g/mol. The number of hydrogen-bond donors (Lipinski definition) is 1. The highest BCUT2D eigenvalue weighted by Crippen LogP contribution is 2.69. The van der Waals surface area contributed by atoms with Gasteiger partial charge in [-0.2, -0.15) is 35.1 Å². The summed E-state index contributed by atoms with van der Waals surface area (Å²) in [5.74, 6) is -14.4. The van der Waals surface area contributed by atoms with Crippen LogP contribution < -0.4 is 0 Å². The highest BCUT2D eigenvalue weighted by atomic mass is 19.4. The summed E-state index contributed by atoms with van der Waals surface area (Å²) in [7, 11) is 0. The number of halogens is 8. The van der Waals surface area contributed by atoms with Crippen molar-refractivity contribution in [2.75, 3.05) is 6.79 Å². The van der Waals surface area contributed by atoms with Crippen LogP contribution in [0.2, 0.25) is 0 Å². The van der Waals surface area contributed by atoms with Gasteiger partial charge in [-0.15, -0.1) is 0 Å². The van der Waals surface area contributed by atoms with Crippen molar-refractivity contribution >= 4 is 5.97 Å². The van der Waals surface area contributed by atoms with E-state index in [1.54, 1.807) is 0 Å². The fourth-order valence-electron chi connectivity index (χ4n) is 6.06. The maximum absolute atomic E-state index is 15.3. The van der Waals surface area contributed by atoms with Crippen LogP contribution in [0.15, 0.2) is 12.2 Å². The third-order valence-corrected chi connectivity index (χ3v) is 7.11. The van der Waals surface area contributed by atoms with Crippen LogP contribution in [0.4, 0.5) is 35.1 Å². The molecule has 1 aliphatic heterocycles. The standard InChI is InChI=1S/C18H18F8O5/c1-8(15(19,20)21)12(27)31-13-4-9-2-10(5-13)14(11(3-9)6-13)16(22,23)17(28,18(24,25)26)30-7-29-14/h9-11,28H,1-7H2. The summed E-state index contributed by atoms with van der Waals surface area (Å²) in [6, 6.07) is 0. The molecule has 0 aromatic heterocycles. The van der Waals surface area contributed by atoms with Crippen molar-refractivity contribution in [1.82, 2.24) is 0 Å². The number of carbonyl (C=O) groups excluding carboxylic acids is 1. The predicted octanol–water partition coefficient (Wildman–Crippen LogP) is 3.86. The third kappa shape index (κ3) is 2.88. The molecule has 0 amide bonds. The molecule has 1 N–H and O–H groups in total. The first-order valence-electron chi connectivity index (χ1n) is 9.43. The molecule has 1 heterocycles. The number of aliphatic hydroxyl groups is 1. The molecule has 31 heavy (non-hydrogen) atoms. The predicted molar refractivity (Wildman–Crippen MR) is 83.3 cm³/mol. The fraction of sp³-hybridized carbons (Fsp3) is 0.833. The Balaban J connectivity index is 1.68. The quantitative estimate of drug-likeness (QED) is 0.381. The van der Waals surface area contributed by atoms with E-state index in [1.165, 1.54) is 0 Å². The van der Waals surface area contributed by atoms with E-state index in [1.807, 2.05) is 0 Å². The molecule has 4 bridgehead atoms. The Morgan fingerprint density at radius 3 is 2.03 bits per heavy atom. The molecule has 4 aliphatic carbocycles. The molecule has 3 atom stereocenters. The minimum absolute atomic E-state index is 0.0143. The van der Waals surface area contributed by atoms with Crippen molar-refractivity contribution in [2.24, 2.45) is 17.8 Å². The first-order chi connectivity index (χ1) is 14.0. The summed E-state index contributed by atoms with van der Waals surface area (Å²) in [6.07, 6.45) is -11.7. The Morgan fingerprint density at radius 2 is 1.55 bits per heavy atom. The maximum atomic E-state index is 15.3. The molecule has 0 radical (unpaired) electrons. The minimum Gasteiger partial charge on any atom is -0.455 e. The van der Waals surface area contributed by atoms with Crippen LogP contribution >= 0.6 is 0 Å². The van der Waals surface area contributed by atoms with Crippen LogP contribution in [0, 0.1) is 17.8 Å². The summed E-state index contributed by atoms with van der Waals surface area (Å²) in [5.41, 5.74) is -6.08. The fourth-order valence-corrected chi connectivity index (χ4v) is 6.06. The molecule has 1 spiro atoms. The third-order valence-electron chi connectivity index (χ3n) is 7.11. The summed E-state index contributed by atoms with van der Waals surface area (Å²) in [4.78, 5) is 12.0. The number of ether oxygens (including phenoxy) is 3. The topological polar surface area (TPSA) is 65.0 Å². The second-order valence-electron chi connectivity index (χ2n) is 8.81. The Bertz CT molecular complexity index is 790. The van der Waals surface area contributed by atoms with E-state index in [4.69, 9.17) is 9.47 Å². The van der Waals surface area contributed by atoms with Gasteiger partial charge in [0.2, 0.25) is 0 Å². The van der Waals surface area contributed by atoms with Crippen molar-refractivity contribution in [1.29, 1.82) is 0 Å². The number of esters is 1. The van der Waals surface area contributed by atoms with Crippen molar-refractivity contribution in [2.45, 2.75) is 67.4 Å². The molecule has 4 saturated carbocycles. The normalized spacial score (nSPS) is 43.8. The maximum Gasteiger partial charge on any atom is 0.449 e. The van der Waals surface area contributed by atoms with Gasteiger partial charge < -0.3 is 19.3 Å². The van der Waals surface area contributed by atoms with E-state index in [9.17, 15) is 36.2 Å². The highest BCUT2D eigenvalue weighted by molar-refractivity contribution is 5.89. The van der Waals surface area contributed by atoms with Gasteiger partial charge in [-0.3, -0.25) is 0 Å². The lowest BCUT2D eigenvalue weighted by molar-refractivity contribution is -0.521.